The average Bonchev–Trinajstić information content (AvgIpc) is 2.74. The molecule has 0 bridgehead atoms. The summed E-state index contributed by atoms with van der Waals surface area (Å²) in [4.78, 5) is 2.24. The molecule has 0 amide bonds. The molecule has 3 N–H and O–H groups in total. The highest BCUT2D eigenvalue weighted by Gasteiger charge is 2.22. The van der Waals surface area contributed by atoms with Crippen molar-refractivity contribution in [2.24, 2.45) is 16.8 Å². The summed E-state index contributed by atoms with van der Waals surface area (Å²) in [6, 6.07) is 5.48. The van der Waals surface area contributed by atoms with E-state index >= 15 is 0 Å². The van der Waals surface area contributed by atoms with Gasteiger partial charge in [0, 0.05) is 29.4 Å². The molecule has 0 aromatic heterocycles. The molecule has 1 saturated heterocycles. The van der Waals surface area contributed by atoms with Crippen LogP contribution in [0.1, 0.15) is 18.9 Å². The van der Waals surface area contributed by atoms with Gasteiger partial charge >= 0.3 is 0 Å². The largest absolute Gasteiger partial charge is 0.409 e. The van der Waals surface area contributed by atoms with Crippen molar-refractivity contribution in [2.75, 3.05) is 18.0 Å². The Labute approximate surface area is 106 Å². The van der Waals surface area contributed by atoms with Crippen molar-refractivity contribution in [2.45, 2.75) is 13.3 Å². The van der Waals surface area contributed by atoms with Gasteiger partial charge in [0.15, 0.2) is 5.84 Å². The second kappa shape index (κ2) is 4.84. The van der Waals surface area contributed by atoms with Crippen molar-refractivity contribution in [3.05, 3.63) is 28.8 Å². The molecule has 1 heterocycles. The van der Waals surface area contributed by atoms with Crippen LogP contribution in [0, 0.1) is 5.92 Å². The van der Waals surface area contributed by atoms with Crippen molar-refractivity contribution in [1.29, 1.82) is 0 Å². The Morgan fingerprint density at radius 1 is 1.59 bits per heavy atom. The summed E-state index contributed by atoms with van der Waals surface area (Å²) < 4.78 is 0. The maximum absolute atomic E-state index is 8.80. The minimum absolute atomic E-state index is 0.0991. The van der Waals surface area contributed by atoms with Crippen LogP contribution < -0.4 is 10.6 Å². The van der Waals surface area contributed by atoms with Crippen LogP contribution in [0.25, 0.3) is 0 Å². The van der Waals surface area contributed by atoms with Gasteiger partial charge in [-0.2, -0.15) is 0 Å². The van der Waals surface area contributed by atoms with Crippen molar-refractivity contribution < 1.29 is 5.21 Å². The van der Waals surface area contributed by atoms with Crippen molar-refractivity contribution in [1.82, 2.24) is 0 Å². The first kappa shape index (κ1) is 12.0. The van der Waals surface area contributed by atoms with Crippen LogP contribution in [-0.2, 0) is 0 Å². The highest BCUT2D eigenvalue weighted by Crippen LogP contribution is 2.28. The second-order valence-corrected chi connectivity index (χ2v) is 4.92. The van der Waals surface area contributed by atoms with E-state index < -0.39 is 0 Å². The lowest BCUT2D eigenvalue weighted by Crippen LogP contribution is -2.24. The van der Waals surface area contributed by atoms with Gasteiger partial charge in [-0.05, 0) is 30.5 Å². The van der Waals surface area contributed by atoms with Crippen LogP contribution in [0.3, 0.4) is 0 Å². The molecule has 0 radical (unpaired) electrons. The molecular weight excluding hydrogens is 238 g/mol. The van der Waals surface area contributed by atoms with Gasteiger partial charge in [-0.3, -0.25) is 0 Å². The first-order valence-corrected chi connectivity index (χ1v) is 6.02. The summed E-state index contributed by atoms with van der Waals surface area (Å²) in [5, 5.41) is 12.4. The number of halogens is 1. The number of nitrogens with two attached hydrogens (primary N) is 1. The molecule has 4 nitrogen and oxygen atoms in total. The van der Waals surface area contributed by atoms with E-state index in [-0.39, 0.29) is 5.84 Å². The fraction of sp³-hybridized carbons (Fsp3) is 0.417. The van der Waals surface area contributed by atoms with Crippen molar-refractivity contribution in [3.8, 4) is 0 Å². The van der Waals surface area contributed by atoms with Gasteiger partial charge in [0.1, 0.15) is 0 Å². The van der Waals surface area contributed by atoms with E-state index in [1.165, 1.54) is 0 Å². The standard InChI is InChI=1S/C12H16ClN3O/c1-8-4-5-16(7-8)11-3-2-9(13)6-10(11)12(14)15-17/h2-3,6,8,17H,4-5,7H2,1H3,(H2,14,15). The molecule has 1 aromatic carbocycles. The van der Waals surface area contributed by atoms with Gasteiger partial charge in [-0.15, -0.1) is 0 Å². The van der Waals surface area contributed by atoms with Crippen LogP contribution in [0.4, 0.5) is 5.69 Å². The summed E-state index contributed by atoms with van der Waals surface area (Å²) in [5.41, 5.74) is 7.35. The number of hydrogen-bond acceptors (Lipinski definition) is 3. The lowest BCUT2D eigenvalue weighted by Gasteiger charge is -2.21. The van der Waals surface area contributed by atoms with Gasteiger partial charge in [0.25, 0.3) is 0 Å². The molecule has 1 aromatic rings. The fourth-order valence-electron chi connectivity index (χ4n) is 2.20. The van der Waals surface area contributed by atoms with Gasteiger partial charge < -0.3 is 15.8 Å². The summed E-state index contributed by atoms with van der Waals surface area (Å²) in [7, 11) is 0. The molecule has 0 saturated carbocycles. The molecule has 0 aliphatic carbocycles. The molecule has 2 rings (SSSR count). The number of oxime groups is 1. The van der Waals surface area contributed by atoms with Crippen LogP contribution in [0.5, 0.6) is 0 Å². The van der Waals surface area contributed by atoms with Crippen molar-refractivity contribution in [3.63, 3.8) is 0 Å². The highest BCUT2D eigenvalue weighted by molar-refractivity contribution is 6.31. The van der Waals surface area contributed by atoms with Crippen LogP contribution >= 0.6 is 11.6 Å². The lowest BCUT2D eigenvalue weighted by atomic mass is 10.1. The summed E-state index contributed by atoms with van der Waals surface area (Å²) in [6.07, 6.45) is 1.16. The molecule has 1 aliphatic rings. The number of hydrogen-bond donors (Lipinski definition) is 2. The Kier molecular flexibility index (Phi) is 3.43. The second-order valence-electron chi connectivity index (χ2n) is 4.49. The zero-order chi connectivity index (χ0) is 12.4. The third-order valence-corrected chi connectivity index (χ3v) is 3.34. The predicted molar refractivity (Wildman–Crippen MR) is 70.0 cm³/mol. The van der Waals surface area contributed by atoms with E-state index in [1.807, 2.05) is 12.1 Å². The number of nitrogens with zero attached hydrogens (tertiary/aromatic N) is 2. The molecule has 1 fully saturated rings. The minimum Gasteiger partial charge on any atom is -0.409 e. The minimum atomic E-state index is 0.0991. The molecule has 17 heavy (non-hydrogen) atoms. The summed E-state index contributed by atoms with van der Waals surface area (Å²) in [6.45, 7) is 4.21. The van der Waals surface area contributed by atoms with E-state index in [0.29, 0.717) is 16.5 Å². The van der Waals surface area contributed by atoms with Gasteiger partial charge in [-0.25, -0.2) is 0 Å². The molecule has 5 heteroatoms. The van der Waals surface area contributed by atoms with Crippen molar-refractivity contribution >= 4 is 23.1 Å². The number of benzene rings is 1. The van der Waals surface area contributed by atoms with Gasteiger partial charge in [0.2, 0.25) is 0 Å². The molecular formula is C12H16ClN3O. The lowest BCUT2D eigenvalue weighted by molar-refractivity contribution is 0.318. The quantitative estimate of drug-likeness (QED) is 0.368. The monoisotopic (exact) mass is 253 g/mol. The van der Waals surface area contributed by atoms with Crippen LogP contribution in [-0.4, -0.2) is 24.1 Å². The van der Waals surface area contributed by atoms with E-state index in [4.69, 9.17) is 22.5 Å². The molecule has 1 atom stereocenters. The molecule has 1 aliphatic heterocycles. The molecule has 0 spiro atoms. The smallest absolute Gasteiger partial charge is 0.172 e. The maximum atomic E-state index is 8.80. The first-order chi connectivity index (χ1) is 8.11. The molecule has 92 valence electrons. The summed E-state index contributed by atoms with van der Waals surface area (Å²) >= 11 is 5.94. The average molecular weight is 254 g/mol. The Morgan fingerprint density at radius 2 is 2.35 bits per heavy atom. The fourth-order valence-corrected chi connectivity index (χ4v) is 2.37. The van der Waals surface area contributed by atoms with E-state index in [1.54, 1.807) is 6.07 Å². The Bertz CT molecular complexity index is 447. The van der Waals surface area contributed by atoms with Gasteiger partial charge in [-0.1, -0.05) is 23.7 Å². The van der Waals surface area contributed by atoms with Crippen LogP contribution in [0.15, 0.2) is 23.4 Å². The van der Waals surface area contributed by atoms with E-state index in [2.05, 4.69) is 17.0 Å². The van der Waals surface area contributed by atoms with Gasteiger partial charge in [0.05, 0.1) is 0 Å². The van der Waals surface area contributed by atoms with E-state index in [0.717, 1.165) is 25.2 Å². The highest BCUT2D eigenvalue weighted by atomic mass is 35.5. The zero-order valence-electron chi connectivity index (χ0n) is 9.73. The number of rotatable bonds is 2. The first-order valence-electron chi connectivity index (χ1n) is 5.64. The third kappa shape index (κ3) is 2.47. The Hall–Kier alpha value is -1.42. The number of amidine groups is 1. The van der Waals surface area contributed by atoms with E-state index in [9.17, 15) is 0 Å². The maximum Gasteiger partial charge on any atom is 0.172 e. The normalized spacial score (nSPS) is 20.9. The van der Waals surface area contributed by atoms with Crippen LogP contribution in [0.2, 0.25) is 5.02 Å². The SMILES string of the molecule is CC1CCN(c2ccc(Cl)cc2C(N)=NO)C1. The number of anilines is 1. The summed E-state index contributed by atoms with van der Waals surface area (Å²) in [5.74, 6) is 0.771. The Balaban J connectivity index is 2.39. The predicted octanol–water partition coefficient (Wildman–Crippen LogP) is 2.28. The molecule has 1 unspecified atom stereocenters. The Morgan fingerprint density at radius 3 is 2.94 bits per heavy atom. The zero-order valence-corrected chi connectivity index (χ0v) is 10.5. The third-order valence-electron chi connectivity index (χ3n) is 3.11. The topological polar surface area (TPSA) is 61.8 Å².